The quantitative estimate of drug-likeness (QED) is 0.833. The van der Waals surface area contributed by atoms with Gasteiger partial charge in [-0.2, -0.15) is 0 Å². The van der Waals surface area contributed by atoms with Gasteiger partial charge >= 0.3 is 0 Å². The van der Waals surface area contributed by atoms with Crippen LogP contribution in [0.15, 0.2) is 12.1 Å². The number of fused-ring (bicyclic) bond motifs is 1. The Hall–Kier alpha value is -1.22. The van der Waals surface area contributed by atoms with Crippen molar-refractivity contribution in [3.05, 3.63) is 23.3 Å². The van der Waals surface area contributed by atoms with Crippen LogP contribution in [0.1, 0.15) is 30.5 Å². The Morgan fingerprint density at radius 1 is 1.19 bits per heavy atom. The van der Waals surface area contributed by atoms with Gasteiger partial charge in [-0.1, -0.05) is 6.92 Å². The summed E-state index contributed by atoms with van der Waals surface area (Å²) in [5, 5.41) is 0. The van der Waals surface area contributed by atoms with Crippen LogP contribution >= 0.6 is 0 Å². The van der Waals surface area contributed by atoms with Crippen molar-refractivity contribution in [2.75, 3.05) is 14.2 Å². The average Bonchev–Trinajstić information content (AvgIpc) is 2.27. The van der Waals surface area contributed by atoms with Crippen molar-refractivity contribution in [2.45, 2.75) is 25.8 Å². The molecule has 1 aliphatic rings. The van der Waals surface area contributed by atoms with Gasteiger partial charge in [0, 0.05) is 6.04 Å². The average molecular weight is 221 g/mol. The molecule has 1 aromatic rings. The van der Waals surface area contributed by atoms with Gasteiger partial charge in [0.2, 0.25) is 0 Å². The molecule has 88 valence electrons. The van der Waals surface area contributed by atoms with E-state index in [4.69, 9.17) is 15.2 Å². The van der Waals surface area contributed by atoms with E-state index < -0.39 is 0 Å². The van der Waals surface area contributed by atoms with Gasteiger partial charge in [-0.3, -0.25) is 0 Å². The molecule has 2 atom stereocenters. The minimum absolute atomic E-state index is 0.124. The lowest BCUT2D eigenvalue weighted by molar-refractivity contribution is 0.350. The molecule has 2 rings (SSSR count). The Morgan fingerprint density at radius 2 is 1.81 bits per heavy atom. The number of hydrogen-bond donors (Lipinski definition) is 1. The topological polar surface area (TPSA) is 44.5 Å². The van der Waals surface area contributed by atoms with Crippen LogP contribution in [0, 0.1) is 5.92 Å². The predicted octanol–water partition coefficient (Wildman–Crippen LogP) is 2.29. The second-order valence-corrected chi connectivity index (χ2v) is 4.56. The summed E-state index contributed by atoms with van der Waals surface area (Å²) in [7, 11) is 3.32. The molecule has 0 amide bonds. The maximum Gasteiger partial charge on any atom is 0.161 e. The van der Waals surface area contributed by atoms with Crippen LogP contribution in [0.2, 0.25) is 0 Å². The molecule has 0 bridgehead atoms. The van der Waals surface area contributed by atoms with Crippen LogP contribution in [0.5, 0.6) is 11.5 Å². The summed E-state index contributed by atoms with van der Waals surface area (Å²) in [5.41, 5.74) is 8.66. The van der Waals surface area contributed by atoms with E-state index in [-0.39, 0.29) is 6.04 Å². The van der Waals surface area contributed by atoms with E-state index in [2.05, 4.69) is 13.0 Å². The van der Waals surface area contributed by atoms with Gasteiger partial charge in [0.25, 0.3) is 0 Å². The van der Waals surface area contributed by atoms with Gasteiger partial charge in [0.15, 0.2) is 11.5 Å². The van der Waals surface area contributed by atoms with E-state index in [1.165, 1.54) is 11.1 Å². The zero-order valence-corrected chi connectivity index (χ0v) is 10.1. The van der Waals surface area contributed by atoms with Crippen LogP contribution in [0.4, 0.5) is 0 Å². The van der Waals surface area contributed by atoms with Gasteiger partial charge in [0.05, 0.1) is 14.2 Å². The van der Waals surface area contributed by atoms with Gasteiger partial charge < -0.3 is 15.2 Å². The maximum atomic E-state index is 6.16. The summed E-state index contributed by atoms with van der Waals surface area (Å²) in [6.07, 6.45) is 2.12. The third-order valence-corrected chi connectivity index (χ3v) is 3.27. The molecule has 0 saturated heterocycles. The highest BCUT2D eigenvalue weighted by Crippen LogP contribution is 2.38. The van der Waals surface area contributed by atoms with Gasteiger partial charge in [-0.15, -0.1) is 0 Å². The first-order valence-corrected chi connectivity index (χ1v) is 5.66. The van der Waals surface area contributed by atoms with E-state index in [9.17, 15) is 0 Å². The lowest BCUT2D eigenvalue weighted by Gasteiger charge is -2.28. The largest absolute Gasteiger partial charge is 0.493 e. The van der Waals surface area contributed by atoms with Gasteiger partial charge in [-0.25, -0.2) is 0 Å². The van der Waals surface area contributed by atoms with Crippen LogP contribution in [0.25, 0.3) is 0 Å². The van der Waals surface area contributed by atoms with Crippen molar-refractivity contribution >= 4 is 0 Å². The molecule has 0 spiro atoms. The molecular formula is C13H19NO2. The third-order valence-electron chi connectivity index (χ3n) is 3.27. The highest BCUT2D eigenvalue weighted by atomic mass is 16.5. The van der Waals surface area contributed by atoms with E-state index in [1.54, 1.807) is 14.2 Å². The normalized spacial score (nSPS) is 23.8. The Balaban J connectivity index is 2.47. The minimum atomic E-state index is 0.124. The van der Waals surface area contributed by atoms with Crippen molar-refractivity contribution in [3.8, 4) is 11.5 Å². The van der Waals surface area contributed by atoms with E-state index in [0.29, 0.717) is 5.92 Å². The summed E-state index contributed by atoms with van der Waals surface area (Å²) < 4.78 is 10.6. The Bertz CT molecular complexity index is 390. The minimum Gasteiger partial charge on any atom is -0.493 e. The molecule has 0 fully saturated rings. The molecule has 1 aromatic carbocycles. The van der Waals surface area contributed by atoms with Crippen LogP contribution < -0.4 is 15.2 Å². The zero-order valence-electron chi connectivity index (χ0n) is 10.1. The van der Waals surface area contributed by atoms with Crippen LogP contribution in [-0.4, -0.2) is 14.2 Å². The van der Waals surface area contributed by atoms with E-state index >= 15 is 0 Å². The standard InChI is InChI=1S/C13H19NO2/c1-8-4-9-6-12(15-2)13(16-3)7-10(9)11(14)5-8/h6-8,11H,4-5,14H2,1-3H3. The molecule has 3 nitrogen and oxygen atoms in total. The van der Waals surface area contributed by atoms with Crippen molar-refractivity contribution < 1.29 is 9.47 Å². The fraction of sp³-hybridized carbons (Fsp3) is 0.538. The lowest BCUT2D eigenvalue weighted by atomic mass is 9.82. The number of benzene rings is 1. The van der Waals surface area contributed by atoms with Gasteiger partial charge in [-0.05, 0) is 42.0 Å². The van der Waals surface area contributed by atoms with Crippen LogP contribution in [0.3, 0.4) is 0 Å². The number of ether oxygens (including phenoxy) is 2. The van der Waals surface area contributed by atoms with Crippen molar-refractivity contribution in [2.24, 2.45) is 11.7 Å². The summed E-state index contributed by atoms with van der Waals surface area (Å²) in [6.45, 7) is 2.24. The van der Waals surface area contributed by atoms with Crippen LogP contribution in [-0.2, 0) is 6.42 Å². The molecule has 2 N–H and O–H groups in total. The molecular weight excluding hydrogens is 202 g/mol. The molecule has 1 aliphatic carbocycles. The van der Waals surface area contributed by atoms with Crippen molar-refractivity contribution in [1.82, 2.24) is 0 Å². The van der Waals surface area contributed by atoms with E-state index in [0.717, 1.165) is 24.3 Å². The second-order valence-electron chi connectivity index (χ2n) is 4.56. The maximum absolute atomic E-state index is 6.16. The Morgan fingerprint density at radius 3 is 2.44 bits per heavy atom. The molecule has 0 aliphatic heterocycles. The first-order chi connectivity index (χ1) is 7.65. The van der Waals surface area contributed by atoms with Crippen molar-refractivity contribution in [3.63, 3.8) is 0 Å². The molecule has 0 aromatic heterocycles. The molecule has 0 heterocycles. The SMILES string of the molecule is COc1cc2c(cc1OC)C(N)CC(C)C2. The number of nitrogens with two attached hydrogens (primary N) is 1. The number of rotatable bonds is 2. The summed E-state index contributed by atoms with van der Waals surface area (Å²) >= 11 is 0. The fourth-order valence-corrected chi connectivity index (χ4v) is 2.48. The third kappa shape index (κ3) is 1.87. The highest BCUT2D eigenvalue weighted by Gasteiger charge is 2.23. The van der Waals surface area contributed by atoms with E-state index in [1.807, 2.05) is 6.07 Å². The molecule has 0 saturated carbocycles. The second kappa shape index (κ2) is 4.34. The molecule has 0 radical (unpaired) electrons. The summed E-state index contributed by atoms with van der Waals surface area (Å²) in [6, 6.07) is 4.20. The Labute approximate surface area is 96.5 Å². The molecule has 2 unspecified atom stereocenters. The highest BCUT2D eigenvalue weighted by molar-refractivity contribution is 5.49. The first kappa shape index (κ1) is 11.3. The number of hydrogen-bond acceptors (Lipinski definition) is 3. The zero-order chi connectivity index (χ0) is 11.7. The predicted molar refractivity (Wildman–Crippen MR) is 64.0 cm³/mol. The Kier molecular flexibility index (Phi) is 3.06. The first-order valence-electron chi connectivity index (χ1n) is 5.66. The van der Waals surface area contributed by atoms with Gasteiger partial charge in [0.1, 0.15) is 0 Å². The fourth-order valence-electron chi connectivity index (χ4n) is 2.48. The van der Waals surface area contributed by atoms with Crippen molar-refractivity contribution in [1.29, 1.82) is 0 Å². The number of methoxy groups -OCH3 is 2. The molecule has 3 heteroatoms. The monoisotopic (exact) mass is 221 g/mol. The lowest BCUT2D eigenvalue weighted by Crippen LogP contribution is -2.22. The smallest absolute Gasteiger partial charge is 0.161 e. The molecule has 16 heavy (non-hydrogen) atoms. The summed E-state index contributed by atoms with van der Waals surface area (Å²) in [4.78, 5) is 0. The summed E-state index contributed by atoms with van der Waals surface area (Å²) in [5.74, 6) is 2.20.